The van der Waals surface area contributed by atoms with E-state index in [0.29, 0.717) is 6.42 Å². The summed E-state index contributed by atoms with van der Waals surface area (Å²) in [5.74, 6) is -0.431. The number of aliphatic hydroxyl groups excluding tert-OH is 3. The molecule has 0 rings (SSSR count). The molecule has 0 bridgehead atoms. The van der Waals surface area contributed by atoms with Gasteiger partial charge >= 0.3 is 0 Å². The lowest BCUT2D eigenvalue weighted by Gasteiger charge is -2.26. The second-order valence-corrected chi connectivity index (χ2v) is 3.03. The Labute approximate surface area is 67.7 Å². The van der Waals surface area contributed by atoms with Crippen molar-refractivity contribution in [2.75, 3.05) is 0 Å². The van der Waals surface area contributed by atoms with E-state index in [9.17, 15) is 5.11 Å². The smallest absolute Gasteiger partial charge is 0.0615 e. The number of hydrogen-bond donors (Lipinski definition) is 3. The van der Waals surface area contributed by atoms with Gasteiger partial charge in [0, 0.05) is 5.92 Å². The predicted molar refractivity (Wildman–Crippen MR) is 43.1 cm³/mol. The Morgan fingerprint density at radius 2 is 1.36 bits per heavy atom. The standard InChI is InChI=1S/C8H18O3/c1-4-7(11)8(5(2)9)6(3)10/h5-11H,4H2,1-3H3. The lowest BCUT2D eigenvalue weighted by Crippen LogP contribution is -2.37. The Morgan fingerprint density at radius 3 is 1.45 bits per heavy atom. The van der Waals surface area contributed by atoms with Gasteiger partial charge < -0.3 is 15.3 Å². The Hall–Kier alpha value is -0.120. The largest absolute Gasteiger partial charge is 0.393 e. The van der Waals surface area contributed by atoms with E-state index in [1.807, 2.05) is 6.92 Å². The zero-order chi connectivity index (χ0) is 9.02. The predicted octanol–water partition coefficient (Wildman–Crippen LogP) is 0.135. The fourth-order valence-corrected chi connectivity index (χ4v) is 1.32. The van der Waals surface area contributed by atoms with Crippen LogP contribution < -0.4 is 0 Å². The fourth-order valence-electron chi connectivity index (χ4n) is 1.32. The molecule has 0 heterocycles. The molecular formula is C8H18O3. The van der Waals surface area contributed by atoms with Crippen LogP contribution in [0.15, 0.2) is 0 Å². The summed E-state index contributed by atoms with van der Waals surface area (Å²) in [6.45, 7) is 4.98. The third-order valence-electron chi connectivity index (χ3n) is 1.98. The van der Waals surface area contributed by atoms with Crippen molar-refractivity contribution in [1.29, 1.82) is 0 Å². The molecule has 0 amide bonds. The summed E-state index contributed by atoms with van der Waals surface area (Å²) in [6.07, 6.45) is -1.38. The minimum absolute atomic E-state index is 0.431. The summed E-state index contributed by atoms with van der Waals surface area (Å²) >= 11 is 0. The molecule has 0 spiro atoms. The highest BCUT2D eigenvalue weighted by molar-refractivity contribution is 4.76. The summed E-state index contributed by atoms with van der Waals surface area (Å²) < 4.78 is 0. The van der Waals surface area contributed by atoms with Gasteiger partial charge in [0.25, 0.3) is 0 Å². The van der Waals surface area contributed by atoms with E-state index in [1.54, 1.807) is 13.8 Å². The molecule has 3 heteroatoms. The van der Waals surface area contributed by atoms with Crippen molar-refractivity contribution in [2.24, 2.45) is 5.92 Å². The molecule has 0 saturated carbocycles. The van der Waals surface area contributed by atoms with Crippen molar-refractivity contribution in [3.05, 3.63) is 0 Å². The normalized spacial score (nSPS) is 22.4. The van der Waals surface area contributed by atoms with Crippen molar-refractivity contribution in [3.63, 3.8) is 0 Å². The summed E-state index contributed by atoms with van der Waals surface area (Å²) in [5, 5.41) is 27.7. The molecule has 0 aliphatic heterocycles. The van der Waals surface area contributed by atoms with E-state index in [2.05, 4.69) is 0 Å². The molecule has 0 fully saturated rings. The second kappa shape index (κ2) is 4.70. The van der Waals surface area contributed by atoms with Crippen LogP contribution in [0.25, 0.3) is 0 Å². The van der Waals surface area contributed by atoms with Crippen molar-refractivity contribution in [2.45, 2.75) is 45.5 Å². The molecule has 0 aliphatic carbocycles. The quantitative estimate of drug-likeness (QED) is 0.551. The van der Waals surface area contributed by atoms with Crippen molar-refractivity contribution < 1.29 is 15.3 Å². The van der Waals surface area contributed by atoms with E-state index in [4.69, 9.17) is 10.2 Å². The maximum atomic E-state index is 9.34. The maximum Gasteiger partial charge on any atom is 0.0615 e. The van der Waals surface area contributed by atoms with Crippen LogP contribution in [0.5, 0.6) is 0 Å². The molecule has 3 nitrogen and oxygen atoms in total. The van der Waals surface area contributed by atoms with Gasteiger partial charge in [-0.05, 0) is 20.3 Å². The van der Waals surface area contributed by atoms with E-state index < -0.39 is 24.2 Å². The van der Waals surface area contributed by atoms with Crippen molar-refractivity contribution in [3.8, 4) is 0 Å². The van der Waals surface area contributed by atoms with Gasteiger partial charge in [-0.1, -0.05) is 6.92 Å². The highest BCUT2D eigenvalue weighted by atomic mass is 16.3. The van der Waals surface area contributed by atoms with E-state index in [-0.39, 0.29) is 0 Å². The average molecular weight is 162 g/mol. The summed E-state index contributed by atoms with van der Waals surface area (Å²) in [5.41, 5.74) is 0. The molecule has 0 aromatic rings. The van der Waals surface area contributed by atoms with Crippen LogP contribution in [0.1, 0.15) is 27.2 Å². The third kappa shape index (κ3) is 3.18. The molecule has 11 heavy (non-hydrogen) atoms. The molecule has 0 aromatic carbocycles. The van der Waals surface area contributed by atoms with Gasteiger partial charge in [0.05, 0.1) is 18.3 Å². The van der Waals surface area contributed by atoms with Crippen molar-refractivity contribution >= 4 is 0 Å². The Morgan fingerprint density at radius 1 is 1.00 bits per heavy atom. The first-order valence-electron chi connectivity index (χ1n) is 4.04. The summed E-state index contributed by atoms with van der Waals surface area (Å²) in [7, 11) is 0. The molecule has 0 saturated heterocycles. The highest BCUT2D eigenvalue weighted by Gasteiger charge is 2.26. The first-order valence-corrected chi connectivity index (χ1v) is 4.04. The van der Waals surface area contributed by atoms with Gasteiger partial charge in [0.15, 0.2) is 0 Å². The van der Waals surface area contributed by atoms with Gasteiger partial charge in [-0.15, -0.1) is 0 Å². The molecule has 0 aliphatic rings. The fraction of sp³-hybridized carbons (Fsp3) is 1.00. The van der Waals surface area contributed by atoms with Crippen LogP contribution in [0.2, 0.25) is 0 Å². The highest BCUT2D eigenvalue weighted by Crippen LogP contribution is 2.16. The van der Waals surface area contributed by atoms with Gasteiger partial charge in [0.2, 0.25) is 0 Å². The summed E-state index contributed by atoms with van der Waals surface area (Å²) in [4.78, 5) is 0. The first kappa shape index (κ1) is 10.9. The minimum Gasteiger partial charge on any atom is -0.393 e. The van der Waals surface area contributed by atoms with Gasteiger partial charge in [-0.3, -0.25) is 0 Å². The summed E-state index contributed by atoms with van der Waals surface area (Å²) in [6, 6.07) is 0. The maximum absolute atomic E-state index is 9.34. The van der Waals surface area contributed by atoms with E-state index in [1.165, 1.54) is 0 Å². The van der Waals surface area contributed by atoms with Crippen LogP contribution in [-0.2, 0) is 0 Å². The monoisotopic (exact) mass is 162 g/mol. The number of aliphatic hydroxyl groups is 3. The van der Waals surface area contributed by atoms with Crippen LogP contribution in [-0.4, -0.2) is 33.6 Å². The lowest BCUT2D eigenvalue weighted by molar-refractivity contribution is -0.0443. The molecule has 0 aromatic heterocycles. The molecule has 3 atom stereocenters. The molecule has 68 valence electrons. The van der Waals surface area contributed by atoms with E-state index in [0.717, 1.165) is 0 Å². The van der Waals surface area contributed by atoms with Gasteiger partial charge in [0.1, 0.15) is 0 Å². The Kier molecular flexibility index (Phi) is 4.65. The van der Waals surface area contributed by atoms with Crippen LogP contribution >= 0.6 is 0 Å². The lowest BCUT2D eigenvalue weighted by atomic mass is 9.90. The molecule has 0 radical (unpaired) electrons. The molecular weight excluding hydrogens is 144 g/mol. The first-order chi connectivity index (χ1) is 5.00. The van der Waals surface area contributed by atoms with E-state index >= 15 is 0 Å². The van der Waals surface area contributed by atoms with Crippen molar-refractivity contribution in [1.82, 2.24) is 0 Å². The number of rotatable bonds is 4. The zero-order valence-corrected chi connectivity index (χ0v) is 7.36. The Balaban J connectivity index is 4.09. The zero-order valence-electron chi connectivity index (χ0n) is 7.36. The SMILES string of the molecule is CCC(O)C(C(C)O)C(C)O. The minimum atomic E-state index is -0.662. The number of hydrogen-bond acceptors (Lipinski definition) is 3. The topological polar surface area (TPSA) is 60.7 Å². The van der Waals surface area contributed by atoms with Crippen LogP contribution in [0.4, 0.5) is 0 Å². The third-order valence-corrected chi connectivity index (χ3v) is 1.98. The van der Waals surface area contributed by atoms with Gasteiger partial charge in [-0.2, -0.15) is 0 Å². The van der Waals surface area contributed by atoms with Gasteiger partial charge in [-0.25, -0.2) is 0 Å². The average Bonchev–Trinajstić information content (AvgIpc) is 1.85. The second-order valence-electron chi connectivity index (χ2n) is 3.03. The molecule has 3 unspecified atom stereocenters. The van der Waals surface area contributed by atoms with Crippen LogP contribution in [0, 0.1) is 5.92 Å². The Bertz CT molecular complexity index is 93.5. The molecule has 3 N–H and O–H groups in total. The van der Waals surface area contributed by atoms with Crippen LogP contribution in [0.3, 0.4) is 0 Å².